The first kappa shape index (κ1) is 25.9. The number of amides is 4. The average Bonchev–Trinajstić information content (AvgIpc) is 3.10. The molecule has 4 rings (SSSR count). The van der Waals surface area contributed by atoms with Crippen LogP contribution >= 0.6 is 34.8 Å². The fourth-order valence-corrected chi connectivity index (χ4v) is 5.00. The number of rotatable bonds is 5. The molecule has 1 saturated carbocycles. The van der Waals surface area contributed by atoms with E-state index in [9.17, 15) is 24.0 Å². The highest BCUT2D eigenvalue weighted by Crippen LogP contribution is 2.43. The number of nitrogens with one attached hydrogen (secondary N) is 2. The Hall–Kier alpha value is -3.14. The average molecular weight is 553 g/mol. The molecule has 1 aliphatic heterocycles. The number of halogens is 3. The smallest absolute Gasteiger partial charge is 0.338 e. The molecule has 4 amide bonds. The largest absolute Gasteiger partial charge is 0.452 e. The third kappa shape index (κ3) is 5.33. The van der Waals surface area contributed by atoms with Gasteiger partial charge in [0.15, 0.2) is 6.61 Å². The van der Waals surface area contributed by atoms with Crippen molar-refractivity contribution in [2.75, 3.05) is 11.5 Å². The molecular formula is C24H20Cl3N3O6. The van der Waals surface area contributed by atoms with Gasteiger partial charge in [-0.25, -0.2) is 4.79 Å². The molecule has 0 aromatic heterocycles. The summed E-state index contributed by atoms with van der Waals surface area (Å²) in [5, 5.41) is -0.562. The normalized spacial score (nSPS) is 23.1. The van der Waals surface area contributed by atoms with Gasteiger partial charge in [0.2, 0.25) is 11.8 Å². The second kappa shape index (κ2) is 10.9. The van der Waals surface area contributed by atoms with E-state index in [1.165, 1.54) is 36.4 Å². The van der Waals surface area contributed by atoms with E-state index in [0.29, 0.717) is 18.5 Å². The van der Waals surface area contributed by atoms with Crippen LogP contribution in [0.5, 0.6) is 0 Å². The number of hydrogen-bond acceptors (Lipinski definition) is 6. The number of anilines is 1. The molecule has 4 atom stereocenters. The van der Waals surface area contributed by atoms with Crippen LogP contribution in [0, 0.1) is 11.8 Å². The number of alkyl halides is 2. The minimum atomic E-state index is -0.808. The Morgan fingerprint density at radius 3 is 2.06 bits per heavy atom. The van der Waals surface area contributed by atoms with E-state index in [0.717, 1.165) is 4.90 Å². The summed E-state index contributed by atoms with van der Waals surface area (Å²) >= 11 is 18.3. The van der Waals surface area contributed by atoms with Gasteiger partial charge in [0.1, 0.15) is 0 Å². The molecule has 9 nitrogen and oxygen atoms in total. The van der Waals surface area contributed by atoms with Crippen molar-refractivity contribution in [2.24, 2.45) is 11.8 Å². The van der Waals surface area contributed by atoms with Crippen molar-refractivity contribution < 1.29 is 28.7 Å². The molecule has 2 aliphatic rings. The molecule has 2 aromatic rings. The number of imide groups is 1. The summed E-state index contributed by atoms with van der Waals surface area (Å²) in [6, 6.07) is 11.9. The molecule has 0 radical (unpaired) electrons. The van der Waals surface area contributed by atoms with Gasteiger partial charge in [-0.2, -0.15) is 0 Å². The van der Waals surface area contributed by atoms with E-state index < -0.39 is 36.2 Å². The van der Waals surface area contributed by atoms with Crippen LogP contribution in [0.3, 0.4) is 0 Å². The van der Waals surface area contributed by atoms with Crippen LogP contribution in [-0.2, 0) is 19.1 Å². The summed E-state index contributed by atoms with van der Waals surface area (Å²) in [4.78, 5) is 63.1. The molecule has 0 spiro atoms. The first-order chi connectivity index (χ1) is 17.2. The van der Waals surface area contributed by atoms with Crippen LogP contribution in [0.1, 0.15) is 33.6 Å². The Morgan fingerprint density at radius 2 is 1.47 bits per heavy atom. The molecule has 36 heavy (non-hydrogen) atoms. The summed E-state index contributed by atoms with van der Waals surface area (Å²) in [5.74, 6) is -3.93. The van der Waals surface area contributed by atoms with Gasteiger partial charge in [0.05, 0.1) is 44.4 Å². The molecule has 1 aliphatic carbocycles. The summed E-state index contributed by atoms with van der Waals surface area (Å²) in [6.45, 7) is -0.658. The third-order valence-corrected chi connectivity index (χ3v) is 7.46. The van der Waals surface area contributed by atoms with Gasteiger partial charge < -0.3 is 4.74 Å². The maximum atomic E-state index is 12.8. The van der Waals surface area contributed by atoms with Crippen LogP contribution in [0.4, 0.5) is 5.69 Å². The van der Waals surface area contributed by atoms with E-state index in [-0.39, 0.29) is 38.7 Å². The van der Waals surface area contributed by atoms with Crippen LogP contribution in [0.2, 0.25) is 5.02 Å². The molecule has 1 saturated heterocycles. The third-order valence-electron chi connectivity index (χ3n) is 6.04. The highest BCUT2D eigenvalue weighted by Gasteiger charge is 2.52. The number of benzene rings is 2. The standard InChI is InChI=1S/C24H20Cl3N3O6/c25-17-4-2-1-3-14(17)21(32)29-28-20(31)11-36-24(35)12-5-7-13(8-6-12)30-22(33)15-9-18(26)19(27)10-16(15)23(30)34/h1-8,15-16,18-19H,9-11H2,(H,28,31)(H,29,32)/t15-,16+,18-,19-/m0/s1. The lowest BCUT2D eigenvalue weighted by Gasteiger charge is -2.28. The van der Waals surface area contributed by atoms with E-state index in [1.807, 2.05) is 0 Å². The monoisotopic (exact) mass is 551 g/mol. The number of nitrogens with zero attached hydrogens (tertiary/aromatic N) is 1. The van der Waals surface area contributed by atoms with Gasteiger partial charge in [0.25, 0.3) is 11.8 Å². The zero-order chi connectivity index (χ0) is 26.0. The molecule has 0 bridgehead atoms. The summed E-state index contributed by atoms with van der Waals surface area (Å²) < 4.78 is 4.95. The molecule has 188 valence electrons. The van der Waals surface area contributed by atoms with E-state index >= 15 is 0 Å². The first-order valence-corrected chi connectivity index (χ1v) is 12.2. The Labute approximate surface area is 221 Å². The number of fused-ring (bicyclic) bond motifs is 1. The van der Waals surface area contributed by atoms with Crippen molar-refractivity contribution in [1.29, 1.82) is 0 Å². The lowest BCUT2D eigenvalue weighted by Crippen LogP contribution is -2.43. The van der Waals surface area contributed by atoms with Crippen molar-refractivity contribution in [3.63, 3.8) is 0 Å². The van der Waals surface area contributed by atoms with E-state index in [4.69, 9.17) is 39.5 Å². The number of carbonyl (C=O) groups excluding carboxylic acids is 5. The highest BCUT2D eigenvalue weighted by molar-refractivity contribution is 6.34. The minimum Gasteiger partial charge on any atom is -0.452 e. The lowest BCUT2D eigenvalue weighted by atomic mass is 9.80. The zero-order valence-electron chi connectivity index (χ0n) is 18.6. The van der Waals surface area contributed by atoms with Crippen LogP contribution in [0.15, 0.2) is 48.5 Å². The summed E-state index contributed by atoms with van der Waals surface area (Å²) in [7, 11) is 0. The maximum absolute atomic E-state index is 12.8. The van der Waals surface area contributed by atoms with Gasteiger partial charge in [-0.05, 0) is 49.2 Å². The van der Waals surface area contributed by atoms with Crippen LogP contribution in [-0.4, -0.2) is 47.0 Å². The van der Waals surface area contributed by atoms with Crippen molar-refractivity contribution >= 4 is 70.1 Å². The van der Waals surface area contributed by atoms with Crippen molar-refractivity contribution in [1.82, 2.24) is 10.9 Å². The topological polar surface area (TPSA) is 122 Å². The second-order valence-electron chi connectivity index (χ2n) is 8.33. The zero-order valence-corrected chi connectivity index (χ0v) is 20.8. The van der Waals surface area contributed by atoms with Gasteiger partial charge in [-0.3, -0.25) is 34.9 Å². The van der Waals surface area contributed by atoms with Gasteiger partial charge in [-0.15, -0.1) is 23.2 Å². The number of carbonyl (C=O) groups is 5. The predicted octanol–water partition coefficient (Wildman–Crippen LogP) is 3.07. The summed E-state index contributed by atoms with van der Waals surface area (Å²) in [6.07, 6.45) is 0.652. The summed E-state index contributed by atoms with van der Waals surface area (Å²) in [5.41, 5.74) is 4.88. The van der Waals surface area contributed by atoms with Crippen molar-refractivity contribution in [3.8, 4) is 0 Å². The molecule has 1 heterocycles. The second-order valence-corrected chi connectivity index (χ2v) is 9.86. The molecule has 2 fully saturated rings. The van der Waals surface area contributed by atoms with Gasteiger partial charge in [-0.1, -0.05) is 23.7 Å². The van der Waals surface area contributed by atoms with E-state index in [2.05, 4.69) is 10.9 Å². The van der Waals surface area contributed by atoms with Crippen LogP contribution < -0.4 is 15.8 Å². The fourth-order valence-electron chi connectivity index (χ4n) is 4.19. The Kier molecular flexibility index (Phi) is 7.82. The highest BCUT2D eigenvalue weighted by atomic mass is 35.5. The van der Waals surface area contributed by atoms with Crippen molar-refractivity contribution in [2.45, 2.75) is 23.6 Å². The molecular weight excluding hydrogens is 533 g/mol. The molecule has 2 N–H and O–H groups in total. The van der Waals surface area contributed by atoms with E-state index in [1.54, 1.807) is 12.1 Å². The Bertz CT molecular complexity index is 1190. The number of hydrazine groups is 1. The molecule has 0 unspecified atom stereocenters. The number of hydrogen-bond donors (Lipinski definition) is 2. The Morgan fingerprint density at radius 1 is 0.889 bits per heavy atom. The fraction of sp³-hybridized carbons (Fsp3) is 0.292. The van der Waals surface area contributed by atoms with Gasteiger partial charge in [0, 0.05) is 0 Å². The Balaban J connectivity index is 1.30. The number of ether oxygens (including phenoxy) is 1. The molecule has 2 aromatic carbocycles. The van der Waals surface area contributed by atoms with Crippen LogP contribution in [0.25, 0.3) is 0 Å². The first-order valence-electron chi connectivity index (χ1n) is 10.9. The lowest BCUT2D eigenvalue weighted by molar-refractivity contribution is -0.125. The molecule has 12 heteroatoms. The SMILES string of the molecule is O=C(COC(=O)c1ccc(N2C(=O)[C@H]3C[C@H](Cl)[C@@H](Cl)C[C@H]3C2=O)cc1)NNC(=O)c1ccccc1Cl. The van der Waals surface area contributed by atoms with Gasteiger partial charge >= 0.3 is 5.97 Å². The quantitative estimate of drug-likeness (QED) is 0.254. The van der Waals surface area contributed by atoms with Crippen molar-refractivity contribution in [3.05, 3.63) is 64.7 Å². The minimum absolute atomic E-state index is 0.102. The predicted molar refractivity (Wildman–Crippen MR) is 132 cm³/mol. The number of esters is 1. The maximum Gasteiger partial charge on any atom is 0.338 e.